The van der Waals surface area contributed by atoms with E-state index in [0.29, 0.717) is 17.9 Å². The van der Waals surface area contributed by atoms with Gasteiger partial charge in [0.1, 0.15) is 11.8 Å². The number of methoxy groups -OCH3 is 1. The van der Waals surface area contributed by atoms with Gasteiger partial charge in [-0.05, 0) is 37.1 Å². The molecule has 0 spiro atoms. The summed E-state index contributed by atoms with van der Waals surface area (Å²) in [5.41, 5.74) is 1.44. The molecule has 2 amide bonds. The molecule has 0 radical (unpaired) electrons. The Morgan fingerprint density at radius 3 is 2.58 bits per heavy atom. The maximum Gasteiger partial charge on any atom is 0.326 e. The smallest absolute Gasteiger partial charge is 0.326 e. The van der Waals surface area contributed by atoms with Gasteiger partial charge in [-0.15, -0.1) is 0 Å². The monoisotopic (exact) mass is 266 g/mol. The number of carbonyl (C=O) groups is 2. The lowest BCUT2D eigenvalue weighted by Gasteiger charge is -2.14. The normalized spacial score (nSPS) is 11.5. The fraction of sp³-hybridized carbons (Fsp3) is 0.385. The Morgan fingerprint density at radius 2 is 2.11 bits per heavy atom. The Kier molecular flexibility index (Phi) is 5.17. The summed E-state index contributed by atoms with van der Waals surface area (Å²) in [5.74, 6) is -0.357. The number of aryl methyl sites for hydroxylation is 1. The van der Waals surface area contributed by atoms with Crippen molar-refractivity contribution in [3.05, 3.63) is 23.8 Å². The van der Waals surface area contributed by atoms with Gasteiger partial charge in [0.05, 0.1) is 7.11 Å². The van der Waals surface area contributed by atoms with E-state index in [1.807, 2.05) is 6.92 Å². The first-order valence-electron chi connectivity index (χ1n) is 5.92. The summed E-state index contributed by atoms with van der Waals surface area (Å²) in [7, 11) is 1.56. The van der Waals surface area contributed by atoms with Gasteiger partial charge in [-0.3, -0.25) is 0 Å². The molecule has 1 unspecified atom stereocenters. The molecule has 0 aliphatic heterocycles. The molecular formula is C13H18N2O4. The molecule has 0 fully saturated rings. The summed E-state index contributed by atoms with van der Waals surface area (Å²) in [6.07, 6.45) is 0.324. The lowest BCUT2D eigenvalue weighted by atomic mass is 10.2. The van der Waals surface area contributed by atoms with Crippen LogP contribution in [0, 0.1) is 6.92 Å². The van der Waals surface area contributed by atoms with Crippen LogP contribution in [-0.4, -0.2) is 30.3 Å². The van der Waals surface area contributed by atoms with Crippen LogP contribution in [0.1, 0.15) is 18.9 Å². The van der Waals surface area contributed by atoms with Crippen molar-refractivity contribution < 1.29 is 19.4 Å². The number of anilines is 1. The minimum atomic E-state index is -1.05. The number of ether oxygens (including phenoxy) is 1. The van der Waals surface area contributed by atoms with Crippen LogP contribution in [0.3, 0.4) is 0 Å². The average molecular weight is 266 g/mol. The molecule has 1 atom stereocenters. The zero-order valence-corrected chi connectivity index (χ0v) is 11.2. The number of carboxylic acids is 1. The van der Waals surface area contributed by atoms with Crippen molar-refractivity contribution in [1.29, 1.82) is 0 Å². The van der Waals surface area contributed by atoms with Crippen LogP contribution < -0.4 is 15.4 Å². The van der Waals surface area contributed by atoms with Crippen molar-refractivity contribution in [3.8, 4) is 5.75 Å². The van der Waals surface area contributed by atoms with Crippen molar-refractivity contribution in [2.75, 3.05) is 12.4 Å². The zero-order valence-electron chi connectivity index (χ0n) is 11.2. The Balaban J connectivity index is 2.69. The highest BCUT2D eigenvalue weighted by molar-refractivity contribution is 5.92. The van der Waals surface area contributed by atoms with Crippen molar-refractivity contribution in [3.63, 3.8) is 0 Å². The van der Waals surface area contributed by atoms with Crippen molar-refractivity contribution in [2.24, 2.45) is 0 Å². The Bertz CT molecular complexity index is 474. The van der Waals surface area contributed by atoms with E-state index in [4.69, 9.17) is 9.84 Å². The number of aliphatic carboxylic acids is 1. The highest BCUT2D eigenvalue weighted by atomic mass is 16.5. The molecule has 0 aromatic heterocycles. The highest BCUT2D eigenvalue weighted by Crippen LogP contribution is 2.20. The molecule has 0 aliphatic rings. The van der Waals surface area contributed by atoms with Crippen molar-refractivity contribution >= 4 is 17.7 Å². The minimum Gasteiger partial charge on any atom is -0.497 e. The van der Waals surface area contributed by atoms with Crippen LogP contribution in [0.2, 0.25) is 0 Å². The van der Waals surface area contributed by atoms with E-state index < -0.39 is 18.0 Å². The maximum absolute atomic E-state index is 11.7. The Hall–Kier alpha value is -2.24. The highest BCUT2D eigenvalue weighted by Gasteiger charge is 2.17. The number of carboxylic acid groups (broad SMARTS) is 1. The summed E-state index contributed by atoms with van der Waals surface area (Å²) in [6.45, 7) is 3.52. The number of nitrogens with one attached hydrogen (secondary N) is 2. The van der Waals surface area contributed by atoms with Crippen LogP contribution in [0.5, 0.6) is 5.75 Å². The SMILES string of the molecule is CCC(NC(=O)Nc1ccc(OC)cc1C)C(=O)O. The van der Waals surface area contributed by atoms with Crippen LogP contribution in [0.25, 0.3) is 0 Å². The molecule has 0 bridgehead atoms. The first kappa shape index (κ1) is 14.8. The molecule has 6 heteroatoms. The van der Waals surface area contributed by atoms with Crippen LogP contribution in [-0.2, 0) is 4.79 Å². The minimum absolute atomic E-state index is 0.324. The van der Waals surface area contributed by atoms with Gasteiger partial charge in [-0.25, -0.2) is 9.59 Å². The molecule has 1 aromatic carbocycles. The van der Waals surface area contributed by atoms with E-state index in [0.717, 1.165) is 5.56 Å². The molecule has 19 heavy (non-hydrogen) atoms. The molecule has 1 rings (SSSR count). The zero-order chi connectivity index (χ0) is 14.4. The van der Waals surface area contributed by atoms with Gasteiger partial charge < -0.3 is 20.5 Å². The molecule has 104 valence electrons. The number of hydrogen-bond acceptors (Lipinski definition) is 3. The summed E-state index contributed by atoms with van der Waals surface area (Å²) >= 11 is 0. The van der Waals surface area contributed by atoms with Crippen molar-refractivity contribution in [1.82, 2.24) is 5.32 Å². The average Bonchev–Trinajstić information content (AvgIpc) is 2.37. The van der Waals surface area contributed by atoms with Gasteiger partial charge in [0.15, 0.2) is 0 Å². The first-order chi connectivity index (χ1) is 8.97. The molecule has 0 heterocycles. The van der Waals surface area contributed by atoms with Gasteiger partial charge in [-0.2, -0.15) is 0 Å². The van der Waals surface area contributed by atoms with E-state index >= 15 is 0 Å². The number of benzene rings is 1. The topological polar surface area (TPSA) is 87.7 Å². The number of amides is 2. The standard InChI is InChI=1S/C13H18N2O4/c1-4-10(12(16)17)14-13(18)15-11-6-5-9(19-3)7-8(11)2/h5-7,10H,4H2,1-3H3,(H,16,17)(H2,14,15,18). The van der Waals surface area contributed by atoms with E-state index in [1.165, 1.54) is 0 Å². The van der Waals surface area contributed by atoms with Gasteiger partial charge in [0.2, 0.25) is 0 Å². The second kappa shape index (κ2) is 6.63. The van der Waals surface area contributed by atoms with Crippen LogP contribution in [0.15, 0.2) is 18.2 Å². The number of urea groups is 1. The number of hydrogen-bond donors (Lipinski definition) is 3. The van der Waals surface area contributed by atoms with Gasteiger partial charge >= 0.3 is 12.0 Å². The van der Waals surface area contributed by atoms with Crippen molar-refractivity contribution in [2.45, 2.75) is 26.3 Å². The maximum atomic E-state index is 11.7. The molecular weight excluding hydrogens is 248 g/mol. The first-order valence-corrected chi connectivity index (χ1v) is 5.92. The molecule has 0 saturated carbocycles. The number of rotatable bonds is 5. The van der Waals surface area contributed by atoms with Gasteiger partial charge in [0.25, 0.3) is 0 Å². The Morgan fingerprint density at radius 1 is 1.42 bits per heavy atom. The summed E-state index contributed by atoms with van der Waals surface area (Å²) in [6, 6.07) is 3.78. The fourth-order valence-corrected chi connectivity index (χ4v) is 1.56. The molecule has 0 saturated heterocycles. The lowest BCUT2D eigenvalue weighted by molar-refractivity contribution is -0.139. The van der Waals surface area contributed by atoms with Gasteiger partial charge in [-0.1, -0.05) is 6.92 Å². The fourth-order valence-electron chi connectivity index (χ4n) is 1.56. The molecule has 0 aliphatic carbocycles. The molecule has 6 nitrogen and oxygen atoms in total. The van der Waals surface area contributed by atoms with E-state index in [1.54, 1.807) is 32.2 Å². The van der Waals surface area contributed by atoms with Crippen LogP contribution in [0.4, 0.5) is 10.5 Å². The Labute approximate surface area is 111 Å². The van der Waals surface area contributed by atoms with E-state index in [-0.39, 0.29) is 0 Å². The largest absolute Gasteiger partial charge is 0.497 e. The predicted molar refractivity (Wildman–Crippen MR) is 71.6 cm³/mol. The second-order valence-corrected chi connectivity index (χ2v) is 4.08. The van der Waals surface area contributed by atoms with Gasteiger partial charge in [0, 0.05) is 5.69 Å². The summed E-state index contributed by atoms with van der Waals surface area (Å²) in [4.78, 5) is 22.5. The molecule has 3 N–H and O–H groups in total. The number of carbonyl (C=O) groups excluding carboxylic acids is 1. The third-order valence-corrected chi connectivity index (χ3v) is 2.69. The van der Waals surface area contributed by atoms with Crippen LogP contribution >= 0.6 is 0 Å². The quantitative estimate of drug-likeness (QED) is 0.760. The third-order valence-electron chi connectivity index (χ3n) is 2.69. The lowest BCUT2D eigenvalue weighted by Crippen LogP contribution is -2.42. The third kappa shape index (κ3) is 4.17. The predicted octanol–water partition coefficient (Wildman–Crippen LogP) is 1.99. The summed E-state index contributed by atoms with van der Waals surface area (Å²) in [5, 5.41) is 13.9. The summed E-state index contributed by atoms with van der Waals surface area (Å²) < 4.78 is 5.06. The van der Waals surface area contributed by atoms with E-state index in [2.05, 4.69) is 10.6 Å². The molecule has 1 aromatic rings. The second-order valence-electron chi connectivity index (χ2n) is 4.08. The van der Waals surface area contributed by atoms with E-state index in [9.17, 15) is 9.59 Å².